The fourth-order valence-electron chi connectivity index (χ4n) is 2.42. The van der Waals surface area contributed by atoms with Crippen molar-refractivity contribution in [1.29, 1.82) is 0 Å². The first-order valence-corrected chi connectivity index (χ1v) is 6.28. The van der Waals surface area contributed by atoms with Crippen molar-refractivity contribution in [3.8, 4) is 0 Å². The number of hydrogen-bond donors (Lipinski definition) is 1. The summed E-state index contributed by atoms with van der Waals surface area (Å²) in [4.78, 5) is 14.7. The zero-order valence-electron chi connectivity index (χ0n) is 10.6. The molecular weight excluding hydrogens is 228 g/mol. The molecule has 18 heavy (non-hydrogen) atoms. The minimum atomic E-state index is 0.00264. The van der Waals surface area contributed by atoms with E-state index in [4.69, 9.17) is 0 Å². The topological polar surface area (TPSA) is 43.8 Å². The third-order valence-electron chi connectivity index (χ3n) is 3.51. The molecular formula is C14H19N2O2. The van der Waals surface area contributed by atoms with Crippen LogP contribution in [0.2, 0.25) is 0 Å². The first-order valence-electron chi connectivity index (χ1n) is 6.28. The van der Waals surface area contributed by atoms with Crippen molar-refractivity contribution in [1.82, 2.24) is 9.80 Å². The lowest BCUT2D eigenvalue weighted by molar-refractivity contribution is 0.0349. The minimum Gasteiger partial charge on any atom is -0.395 e. The van der Waals surface area contributed by atoms with Crippen LogP contribution in [-0.2, 0) is 11.3 Å². The molecule has 1 saturated heterocycles. The van der Waals surface area contributed by atoms with Gasteiger partial charge in [-0.05, 0) is 12.5 Å². The standard InChI is InChI=1S/C14H19N2O2/c1-12-7-15(8-13-5-3-2-4-6-13)14(10-17)9-16(12)11-18/h2-6,12,14,17H,7-10H2,1H3/t12-,14-/m1/s1. The average Bonchev–Trinajstić information content (AvgIpc) is 2.40. The monoisotopic (exact) mass is 247 g/mol. The summed E-state index contributed by atoms with van der Waals surface area (Å²) in [5.41, 5.74) is 1.23. The summed E-state index contributed by atoms with van der Waals surface area (Å²) in [6.45, 7) is 4.21. The van der Waals surface area contributed by atoms with Crippen LogP contribution in [0, 0.1) is 0 Å². The zero-order chi connectivity index (χ0) is 13.0. The van der Waals surface area contributed by atoms with Crippen LogP contribution in [0.3, 0.4) is 0 Å². The highest BCUT2D eigenvalue weighted by Crippen LogP contribution is 2.16. The van der Waals surface area contributed by atoms with E-state index >= 15 is 0 Å². The molecule has 1 amide bonds. The molecule has 1 heterocycles. The van der Waals surface area contributed by atoms with Crippen molar-refractivity contribution in [3.05, 3.63) is 35.9 Å². The highest BCUT2D eigenvalue weighted by molar-refractivity contribution is 5.49. The van der Waals surface area contributed by atoms with Gasteiger partial charge in [0.25, 0.3) is 0 Å². The van der Waals surface area contributed by atoms with Gasteiger partial charge < -0.3 is 10.0 Å². The Morgan fingerprint density at radius 2 is 2.06 bits per heavy atom. The van der Waals surface area contributed by atoms with Gasteiger partial charge in [0.15, 0.2) is 0 Å². The molecule has 2 rings (SSSR count). The summed E-state index contributed by atoms with van der Waals surface area (Å²) in [6.07, 6.45) is 1.95. The van der Waals surface area contributed by atoms with Crippen molar-refractivity contribution in [3.63, 3.8) is 0 Å². The lowest BCUT2D eigenvalue weighted by Gasteiger charge is -2.42. The van der Waals surface area contributed by atoms with Gasteiger partial charge in [-0.1, -0.05) is 30.3 Å². The van der Waals surface area contributed by atoms with E-state index in [0.717, 1.165) is 13.1 Å². The van der Waals surface area contributed by atoms with Crippen molar-refractivity contribution in [2.24, 2.45) is 0 Å². The van der Waals surface area contributed by atoms with E-state index in [1.807, 2.05) is 31.5 Å². The number of benzene rings is 1. The van der Waals surface area contributed by atoms with E-state index in [2.05, 4.69) is 17.0 Å². The molecule has 0 aliphatic carbocycles. The molecule has 1 fully saturated rings. The molecule has 0 spiro atoms. The zero-order valence-corrected chi connectivity index (χ0v) is 10.6. The van der Waals surface area contributed by atoms with Crippen LogP contribution in [0.4, 0.5) is 0 Å². The van der Waals surface area contributed by atoms with Gasteiger partial charge in [-0.15, -0.1) is 0 Å². The van der Waals surface area contributed by atoms with E-state index in [0.29, 0.717) is 6.54 Å². The number of rotatable bonds is 4. The molecule has 97 valence electrons. The van der Waals surface area contributed by atoms with Gasteiger partial charge in [-0.2, -0.15) is 0 Å². The highest BCUT2D eigenvalue weighted by Gasteiger charge is 2.30. The van der Waals surface area contributed by atoms with Crippen LogP contribution in [0.25, 0.3) is 0 Å². The Balaban J connectivity index is 2.05. The molecule has 1 aromatic carbocycles. The molecule has 4 nitrogen and oxygen atoms in total. The van der Waals surface area contributed by atoms with Crippen LogP contribution in [0.1, 0.15) is 12.5 Å². The lowest BCUT2D eigenvalue weighted by Crippen LogP contribution is -2.57. The fourth-order valence-corrected chi connectivity index (χ4v) is 2.42. The summed E-state index contributed by atoms with van der Waals surface area (Å²) >= 11 is 0. The van der Waals surface area contributed by atoms with E-state index in [1.165, 1.54) is 5.56 Å². The van der Waals surface area contributed by atoms with E-state index in [9.17, 15) is 9.90 Å². The van der Waals surface area contributed by atoms with Crippen LogP contribution < -0.4 is 0 Å². The maximum atomic E-state index is 10.8. The predicted octanol–water partition coefficient (Wildman–Crippen LogP) is 0.621. The molecule has 1 aliphatic heterocycles. The Morgan fingerprint density at radius 1 is 1.33 bits per heavy atom. The maximum absolute atomic E-state index is 10.8. The number of hydrogen-bond acceptors (Lipinski definition) is 3. The van der Waals surface area contributed by atoms with Gasteiger partial charge in [-0.25, -0.2) is 0 Å². The molecule has 4 heteroatoms. The number of aliphatic hydroxyl groups excluding tert-OH is 1. The van der Waals surface area contributed by atoms with Crippen LogP contribution in [-0.4, -0.2) is 53.1 Å². The minimum absolute atomic E-state index is 0.00264. The van der Waals surface area contributed by atoms with Gasteiger partial charge in [0, 0.05) is 25.7 Å². The fraction of sp³-hybridized carbons (Fsp3) is 0.500. The van der Waals surface area contributed by atoms with Crippen LogP contribution in [0.5, 0.6) is 0 Å². The van der Waals surface area contributed by atoms with Gasteiger partial charge in [0.1, 0.15) is 0 Å². The molecule has 1 radical (unpaired) electrons. The summed E-state index contributed by atoms with van der Waals surface area (Å²) in [5, 5.41) is 9.44. The molecule has 0 saturated carbocycles. The number of nitrogens with zero attached hydrogens (tertiary/aromatic N) is 2. The van der Waals surface area contributed by atoms with Crippen molar-refractivity contribution < 1.29 is 9.90 Å². The summed E-state index contributed by atoms with van der Waals surface area (Å²) < 4.78 is 0. The number of piperazine rings is 1. The second-order valence-electron chi connectivity index (χ2n) is 4.84. The lowest BCUT2D eigenvalue weighted by atomic mass is 10.1. The van der Waals surface area contributed by atoms with Gasteiger partial charge >= 0.3 is 6.41 Å². The number of amides is 1. The Bertz CT molecular complexity index is 383. The molecule has 0 aromatic heterocycles. The first kappa shape index (κ1) is 13.1. The van der Waals surface area contributed by atoms with Gasteiger partial charge in [0.2, 0.25) is 0 Å². The maximum Gasteiger partial charge on any atom is 0.312 e. The molecule has 0 unspecified atom stereocenters. The average molecular weight is 247 g/mol. The molecule has 0 bridgehead atoms. The van der Waals surface area contributed by atoms with E-state index in [1.54, 1.807) is 4.90 Å². The summed E-state index contributed by atoms with van der Waals surface area (Å²) in [5.74, 6) is 0. The quantitative estimate of drug-likeness (QED) is 0.848. The van der Waals surface area contributed by atoms with Crippen molar-refractivity contribution in [2.45, 2.75) is 25.6 Å². The number of carbonyl (C=O) groups excluding carboxylic acids is 1. The molecule has 2 atom stereocenters. The molecule has 1 aromatic rings. The van der Waals surface area contributed by atoms with Gasteiger partial charge in [-0.3, -0.25) is 9.69 Å². The normalized spacial score (nSPS) is 25.1. The summed E-state index contributed by atoms with van der Waals surface area (Å²) in [6, 6.07) is 10.3. The third kappa shape index (κ3) is 2.89. The largest absolute Gasteiger partial charge is 0.395 e. The van der Waals surface area contributed by atoms with E-state index < -0.39 is 0 Å². The highest BCUT2D eigenvalue weighted by atomic mass is 16.3. The predicted molar refractivity (Wildman–Crippen MR) is 69.6 cm³/mol. The van der Waals surface area contributed by atoms with Crippen LogP contribution >= 0.6 is 0 Å². The Kier molecular flexibility index (Phi) is 4.33. The van der Waals surface area contributed by atoms with Gasteiger partial charge in [0.05, 0.1) is 12.6 Å². The molecule has 1 N–H and O–H groups in total. The Morgan fingerprint density at radius 3 is 2.67 bits per heavy atom. The SMILES string of the molecule is C[C@@H]1CN(Cc2ccccc2)[C@@H](CO)CN1[C]=O. The second-order valence-corrected chi connectivity index (χ2v) is 4.84. The first-order chi connectivity index (χ1) is 8.74. The van der Waals surface area contributed by atoms with Crippen molar-refractivity contribution >= 4 is 6.41 Å². The second kappa shape index (κ2) is 5.98. The smallest absolute Gasteiger partial charge is 0.312 e. The Labute approximate surface area is 108 Å². The van der Waals surface area contributed by atoms with E-state index in [-0.39, 0.29) is 18.7 Å². The third-order valence-corrected chi connectivity index (χ3v) is 3.51. The molecule has 1 aliphatic rings. The van der Waals surface area contributed by atoms with Crippen molar-refractivity contribution in [2.75, 3.05) is 19.7 Å². The Hall–Kier alpha value is -1.39. The van der Waals surface area contributed by atoms with Crippen LogP contribution in [0.15, 0.2) is 30.3 Å². The summed E-state index contributed by atoms with van der Waals surface area (Å²) in [7, 11) is 0. The number of aliphatic hydroxyl groups is 1.